The van der Waals surface area contributed by atoms with E-state index in [1.807, 2.05) is 17.8 Å². The molecular weight excluding hydrogens is 486 g/mol. The maximum Gasteiger partial charge on any atom is 0.219 e. The average Bonchev–Trinajstić information content (AvgIpc) is 3.39. The van der Waals surface area contributed by atoms with Crippen molar-refractivity contribution in [2.75, 3.05) is 32.8 Å². The third-order valence-electron chi connectivity index (χ3n) is 7.36. The molecule has 7 heteroatoms. The van der Waals surface area contributed by atoms with Gasteiger partial charge in [0, 0.05) is 75.6 Å². The Morgan fingerprint density at radius 1 is 1.00 bits per heavy atom. The van der Waals surface area contributed by atoms with Crippen LogP contribution in [-0.2, 0) is 29.0 Å². The largest absolute Gasteiger partial charge is 0.379 e. The van der Waals surface area contributed by atoms with E-state index in [9.17, 15) is 4.79 Å². The van der Waals surface area contributed by atoms with Crippen molar-refractivity contribution in [2.45, 2.75) is 112 Å². The maximum absolute atomic E-state index is 11.0. The number of amides is 1. The molecule has 0 saturated carbocycles. The first kappa shape index (κ1) is 33.0. The van der Waals surface area contributed by atoms with Crippen LogP contribution in [0, 0.1) is 0 Å². The fourth-order valence-corrected chi connectivity index (χ4v) is 4.65. The Hall–Kier alpha value is -2.22. The lowest BCUT2D eigenvalue weighted by Crippen LogP contribution is -2.54. The third-order valence-corrected chi connectivity index (χ3v) is 7.36. The van der Waals surface area contributed by atoms with Gasteiger partial charge in [-0.1, -0.05) is 44.5 Å². The maximum atomic E-state index is 11.0. The number of ether oxygens (including phenoxy) is 1. The zero-order valence-electron chi connectivity index (χ0n) is 26.0. The first-order chi connectivity index (χ1) is 18.5. The molecule has 0 bridgehead atoms. The van der Waals surface area contributed by atoms with E-state index < -0.39 is 0 Å². The van der Waals surface area contributed by atoms with E-state index in [2.05, 4.69) is 92.9 Å². The smallest absolute Gasteiger partial charge is 0.219 e. The quantitative estimate of drug-likeness (QED) is 0.345. The van der Waals surface area contributed by atoms with E-state index in [0.717, 1.165) is 51.3 Å². The van der Waals surface area contributed by atoms with Gasteiger partial charge in [-0.15, -0.1) is 0 Å². The van der Waals surface area contributed by atoms with Crippen LogP contribution >= 0.6 is 0 Å². The molecule has 0 unspecified atom stereocenters. The van der Waals surface area contributed by atoms with Crippen molar-refractivity contribution in [3.8, 4) is 0 Å². The van der Waals surface area contributed by atoms with Crippen LogP contribution in [0.5, 0.6) is 0 Å². The number of rotatable bonds is 13. The molecule has 1 aliphatic heterocycles. The highest BCUT2D eigenvalue weighted by molar-refractivity contribution is 5.75. The van der Waals surface area contributed by atoms with Gasteiger partial charge in [0.2, 0.25) is 5.91 Å². The first-order valence-electron chi connectivity index (χ1n) is 15.0. The molecule has 1 aliphatic rings. The fourth-order valence-electron chi connectivity index (χ4n) is 4.65. The second-order valence-electron chi connectivity index (χ2n) is 11.9. The van der Waals surface area contributed by atoms with Crippen molar-refractivity contribution in [3.05, 3.63) is 53.3 Å². The Kier molecular flexibility index (Phi) is 14.2. The highest BCUT2D eigenvalue weighted by Crippen LogP contribution is 2.22. The minimum absolute atomic E-state index is 0.0716. The number of benzene rings is 1. The van der Waals surface area contributed by atoms with Gasteiger partial charge < -0.3 is 10.1 Å². The molecule has 7 nitrogen and oxygen atoms in total. The lowest BCUT2D eigenvalue weighted by molar-refractivity contribution is -0.120. The van der Waals surface area contributed by atoms with Crippen molar-refractivity contribution in [2.24, 2.45) is 0 Å². The second kappa shape index (κ2) is 16.8. The number of carbonyl (C=O) groups is 1. The normalized spacial score (nSPS) is 14.9. The summed E-state index contributed by atoms with van der Waals surface area (Å²) >= 11 is 0. The van der Waals surface area contributed by atoms with Gasteiger partial charge in [0.05, 0.1) is 12.3 Å². The molecule has 1 amide bonds. The molecular formula is C32H55N5O2. The zero-order chi connectivity index (χ0) is 28.8. The van der Waals surface area contributed by atoms with E-state index in [-0.39, 0.29) is 11.4 Å². The summed E-state index contributed by atoms with van der Waals surface area (Å²) in [6.45, 7) is 24.3. The lowest BCUT2D eigenvalue weighted by atomic mass is 9.97. The van der Waals surface area contributed by atoms with Crippen molar-refractivity contribution in [1.29, 1.82) is 0 Å². The van der Waals surface area contributed by atoms with E-state index in [1.165, 1.54) is 24.0 Å². The average molecular weight is 542 g/mol. The molecule has 2 heterocycles. The summed E-state index contributed by atoms with van der Waals surface area (Å²) in [6.07, 6.45) is 8.11. The van der Waals surface area contributed by atoms with E-state index in [1.54, 1.807) is 6.20 Å². The van der Waals surface area contributed by atoms with Crippen LogP contribution in [0.15, 0.2) is 36.7 Å². The van der Waals surface area contributed by atoms with Gasteiger partial charge in [0.25, 0.3) is 0 Å². The Balaban J connectivity index is 0.000000322. The van der Waals surface area contributed by atoms with Crippen LogP contribution in [0.4, 0.5) is 0 Å². The van der Waals surface area contributed by atoms with E-state index in [4.69, 9.17) is 4.74 Å². The Labute approximate surface area is 238 Å². The Morgan fingerprint density at radius 3 is 2.18 bits per heavy atom. The Bertz CT molecular complexity index is 944. The standard InChI is InChI=1S/C22H38N2O.C10H17N3O/c1-6-7-20-8-10-21(11-9-20)18-23-13-15-24(16-14-23)22(4,5)12-17-25-19(2)3;1-4-10(14)11-5-9-6-12-13(7-9)8(2)3/h8-11,19H,6-7,12-18H2,1-5H3;6-8H,4-5H2,1-3H3,(H,11,14). The molecule has 39 heavy (non-hydrogen) atoms. The fraction of sp³-hybridized carbons (Fsp3) is 0.688. The Morgan fingerprint density at radius 2 is 1.64 bits per heavy atom. The third kappa shape index (κ3) is 12.2. The molecule has 1 fully saturated rings. The van der Waals surface area contributed by atoms with Crippen molar-refractivity contribution in [1.82, 2.24) is 24.9 Å². The minimum atomic E-state index is 0.0716. The van der Waals surface area contributed by atoms with Gasteiger partial charge in [0.15, 0.2) is 0 Å². The van der Waals surface area contributed by atoms with Crippen LogP contribution < -0.4 is 5.32 Å². The molecule has 1 saturated heterocycles. The topological polar surface area (TPSA) is 62.6 Å². The van der Waals surface area contributed by atoms with Crippen LogP contribution in [0.2, 0.25) is 0 Å². The number of piperazine rings is 1. The first-order valence-corrected chi connectivity index (χ1v) is 15.0. The van der Waals surface area contributed by atoms with Crippen LogP contribution in [-0.4, -0.2) is 69.9 Å². The van der Waals surface area contributed by atoms with Gasteiger partial charge in [-0.25, -0.2) is 0 Å². The summed E-state index contributed by atoms with van der Waals surface area (Å²) in [5, 5.41) is 6.99. The van der Waals surface area contributed by atoms with Crippen molar-refractivity contribution in [3.63, 3.8) is 0 Å². The van der Waals surface area contributed by atoms with Gasteiger partial charge in [0.1, 0.15) is 0 Å². The number of carbonyl (C=O) groups excluding carboxylic acids is 1. The van der Waals surface area contributed by atoms with Crippen LogP contribution in [0.3, 0.4) is 0 Å². The molecule has 220 valence electrons. The van der Waals surface area contributed by atoms with Gasteiger partial charge in [-0.2, -0.15) is 5.10 Å². The summed E-state index contributed by atoms with van der Waals surface area (Å²) in [7, 11) is 0. The molecule has 0 spiro atoms. The summed E-state index contributed by atoms with van der Waals surface area (Å²) in [6, 6.07) is 9.58. The highest BCUT2D eigenvalue weighted by atomic mass is 16.5. The monoisotopic (exact) mass is 541 g/mol. The molecule has 0 radical (unpaired) electrons. The van der Waals surface area contributed by atoms with E-state index >= 15 is 0 Å². The number of nitrogens with zero attached hydrogens (tertiary/aromatic N) is 4. The van der Waals surface area contributed by atoms with Crippen molar-refractivity contribution >= 4 is 5.91 Å². The van der Waals surface area contributed by atoms with Crippen LogP contribution in [0.25, 0.3) is 0 Å². The molecule has 1 N–H and O–H groups in total. The molecule has 0 atom stereocenters. The van der Waals surface area contributed by atoms with Gasteiger partial charge in [-0.3, -0.25) is 19.3 Å². The number of hydrogen-bond acceptors (Lipinski definition) is 5. The molecule has 3 rings (SSSR count). The number of nitrogens with one attached hydrogen (secondary N) is 1. The predicted molar refractivity (Wildman–Crippen MR) is 162 cm³/mol. The molecule has 1 aromatic heterocycles. The summed E-state index contributed by atoms with van der Waals surface area (Å²) in [5.41, 5.74) is 4.17. The van der Waals surface area contributed by atoms with Gasteiger partial charge >= 0.3 is 0 Å². The SMILES string of the molecule is CCC(=O)NCc1cnn(C(C)C)c1.CCCc1ccc(CN2CCN(C(C)(C)CCOC(C)C)CC2)cc1. The van der Waals surface area contributed by atoms with Crippen LogP contribution in [0.1, 0.15) is 97.4 Å². The second-order valence-corrected chi connectivity index (χ2v) is 11.9. The van der Waals surface area contributed by atoms with Crippen molar-refractivity contribution < 1.29 is 9.53 Å². The van der Waals surface area contributed by atoms with E-state index in [0.29, 0.717) is 25.1 Å². The number of aryl methyl sites for hydroxylation is 1. The molecule has 1 aromatic carbocycles. The lowest BCUT2D eigenvalue weighted by Gasteiger charge is -2.44. The van der Waals surface area contributed by atoms with Gasteiger partial charge in [-0.05, 0) is 65.5 Å². The number of aromatic nitrogens is 2. The highest BCUT2D eigenvalue weighted by Gasteiger charge is 2.29. The summed E-state index contributed by atoms with van der Waals surface area (Å²) in [4.78, 5) is 16.2. The summed E-state index contributed by atoms with van der Waals surface area (Å²) in [5.74, 6) is 0.0716. The molecule has 0 aliphatic carbocycles. The molecule has 2 aromatic rings. The predicted octanol–water partition coefficient (Wildman–Crippen LogP) is 5.84. The number of hydrogen-bond donors (Lipinski definition) is 1. The minimum Gasteiger partial charge on any atom is -0.379 e. The zero-order valence-corrected chi connectivity index (χ0v) is 26.0. The summed E-state index contributed by atoms with van der Waals surface area (Å²) < 4.78 is 7.64.